The number of benzene rings is 2. The van der Waals surface area contributed by atoms with Crippen LogP contribution < -0.4 is 5.56 Å². The first-order valence-electron chi connectivity index (χ1n) is 10.7. The number of fused-ring (bicyclic) bond motifs is 4. The van der Waals surface area contributed by atoms with Crippen molar-refractivity contribution in [1.29, 1.82) is 0 Å². The maximum atomic E-state index is 13.6. The lowest BCUT2D eigenvalue weighted by Gasteiger charge is -2.12. The molecule has 1 atom stereocenters. The average Bonchev–Trinajstić information content (AvgIpc) is 3.43. The summed E-state index contributed by atoms with van der Waals surface area (Å²) in [6, 6.07) is 15.2. The predicted molar refractivity (Wildman–Crippen MR) is 124 cm³/mol. The van der Waals surface area contributed by atoms with Crippen molar-refractivity contribution in [3.63, 3.8) is 0 Å². The molecule has 160 valence electrons. The summed E-state index contributed by atoms with van der Waals surface area (Å²) in [7, 11) is 0. The number of para-hydroxylation sites is 2. The zero-order valence-electron chi connectivity index (χ0n) is 17.2. The van der Waals surface area contributed by atoms with Crippen LogP contribution in [0, 0.1) is 0 Å². The van der Waals surface area contributed by atoms with Crippen LogP contribution in [-0.4, -0.2) is 36.8 Å². The van der Waals surface area contributed by atoms with E-state index in [1.54, 1.807) is 10.9 Å². The third-order valence-corrected chi connectivity index (χ3v) is 6.40. The van der Waals surface area contributed by atoms with Gasteiger partial charge < -0.3 is 9.30 Å². The van der Waals surface area contributed by atoms with Gasteiger partial charge in [-0.15, -0.1) is 0 Å². The van der Waals surface area contributed by atoms with E-state index in [1.807, 2.05) is 53.1 Å². The standard InChI is InChI=1S/C24H20ClN5O2/c25-17-8-2-1-6-15(17)12-29-14-26-22-20(24(29)31)21-23(30(22)13-16-7-5-11-32-16)28-19-10-4-3-9-18(19)27-21/h1-4,6,8-10,14,16H,5,7,11-13H2/t16-/m0/s1. The lowest BCUT2D eigenvalue weighted by atomic mass is 10.2. The molecule has 0 spiro atoms. The van der Waals surface area contributed by atoms with E-state index in [2.05, 4.69) is 4.98 Å². The van der Waals surface area contributed by atoms with Crippen molar-refractivity contribution in [2.45, 2.75) is 32.0 Å². The quantitative estimate of drug-likeness (QED) is 0.415. The van der Waals surface area contributed by atoms with Crippen LogP contribution in [0.1, 0.15) is 18.4 Å². The van der Waals surface area contributed by atoms with Gasteiger partial charge in [-0.3, -0.25) is 9.36 Å². The lowest BCUT2D eigenvalue weighted by Crippen LogP contribution is -2.22. The minimum absolute atomic E-state index is 0.0782. The lowest BCUT2D eigenvalue weighted by molar-refractivity contribution is 0.0987. The zero-order valence-corrected chi connectivity index (χ0v) is 18.0. The number of halogens is 1. The molecule has 1 aliphatic heterocycles. The van der Waals surface area contributed by atoms with Crippen molar-refractivity contribution >= 4 is 44.8 Å². The second-order valence-electron chi connectivity index (χ2n) is 8.10. The van der Waals surface area contributed by atoms with E-state index in [-0.39, 0.29) is 11.7 Å². The summed E-state index contributed by atoms with van der Waals surface area (Å²) >= 11 is 6.33. The largest absolute Gasteiger partial charge is 0.376 e. The molecule has 1 fully saturated rings. The Kier molecular flexibility index (Phi) is 4.66. The first-order valence-corrected chi connectivity index (χ1v) is 11.1. The van der Waals surface area contributed by atoms with Crippen molar-refractivity contribution in [2.24, 2.45) is 0 Å². The maximum Gasteiger partial charge on any atom is 0.265 e. The van der Waals surface area contributed by atoms with Crippen LogP contribution in [0.2, 0.25) is 5.02 Å². The summed E-state index contributed by atoms with van der Waals surface area (Å²) in [6.45, 7) is 1.68. The molecule has 3 aromatic heterocycles. The smallest absolute Gasteiger partial charge is 0.265 e. The number of ether oxygens (including phenoxy) is 1. The van der Waals surface area contributed by atoms with Crippen molar-refractivity contribution in [3.8, 4) is 0 Å². The minimum Gasteiger partial charge on any atom is -0.376 e. The molecule has 0 bridgehead atoms. The zero-order chi connectivity index (χ0) is 21.7. The van der Waals surface area contributed by atoms with Gasteiger partial charge in [0.05, 0.1) is 30.2 Å². The summed E-state index contributed by atoms with van der Waals surface area (Å²) in [5.74, 6) is 0. The Bertz CT molecular complexity index is 1530. The van der Waals surface area contributed by atoms with Gasteiger partial charge in [-0.05, 0) is 36.6 Å². The molecule has 6 rings (SSSR count). The summed E-state index contributed by atoms with van der Waals surface area (Å²) in [4.78, 5) is 28.0. The molecule has 0 saturated carbocycles. The first kappa shape index (κ1) is 19.4. The summed E-state index contributed by atoms with van der Waals surface area (Å²) in [6.07, 6.45) is 3.67. The van der Waals surface area contributed by atoms with E-state index in [1.165, 1.54) is 0 Å². The van der Waals surface area contributed by atoms with Crippen LogP contribution in [0.3, 0.4) is 0 Å². The van der Waals surface area contributed by atoms with Gasteiger partial charge in [0.15, 0.2) is 11.3 Å². The van der Waals surface area contributed by atoms with Crippen LogP contribution in [0.25, 0.3) is 33.2 Å². The molecule has 4 heterocycles. The van der Waals surface area contributed by atoms with Gasteiger partial charge in [-0.1, -0.05) is 41.9 Å². The Morgan fingerprint density at radius 1 is 1.03 bits per heavy atom. The molecule has 32 heavy (non-hydrogen) atoms. The van der Waals surface area contributed by atoms with Gasteiger partial charge in [-0.25, -0.2) is 15.0 Å². The SMILES string of the molecule is O=c1c2c3nc4ccccc4nc3n(C[C@@H]3CCCO3)c2ncn1Cc1ccccc1Cl. The van der Waals surface area contributed by atoms with Gasteiger partial charge >= 0.3 is 0 Å². The van der Waals surface area contributed by atoms with Crippen LogP contribution >= 0.6 is 11.6 Å². The second-order valence-corrected chi connectivity index (χ2v) is 8.51. The number of nitrogens with zero attached hydrogens (tertiary/aromatic N) is 5. The van der Waals surface area contributed by atoms with Crippen molar-refractivity contribution in [2.75, 3.05) is 6.61 Å². The molecule has 5 aromatic rings. The molecule has 8 heteroatoms. The van der Waals surface area contributed by atoms with Gasteiger partial charge in [0.25, 0.3) is 5.56 Å². The number of hydrogen-bond donors (Lipinski definition) is 0. The van der Waals surface area contributed by atoms with Crippen molar-refractivity contribution in [3.05, 3.63) is 75.8 Å². The number of hydrogen-bond acceptors (Lipinski definition) is 5. The Morgan fingerprint density at radius 3 is 2.59 bits per heavy atom. The van der Waals surface area contributed by atoms with Crippen molar-refractivity contribution in [1.82, 2.24) is 24.1 Å². The van der Waals surface area contributed by atoms with Crippen LogP contribution in [0.4, 0.5) is 0 Å². The molecule has 1 saturated heterocycles. The minimum atomic E-state index is -0.157. The fraction of sp³-hybridized carbons (Fsp3) is 0.250. The highest BCUT2D eigenvalue weighted by atomic mass is 35.5. The second kappa shape index (κ2) is 7.69. The van der Waals surface area contributed by atoms with Gasteiger partial charge in [-0.2, -0.15) is 0 Å². The topological polar surface area (TPSA) is 74.8 Å². The third kappa shape index (κ3) is 3.16. The summed E-state index contributed by atoms with van der Waals surface area (Å²) in [5.41, 5.74) is 4.06. The van der Waals surface area contributed by atoms with Crippen LogP contribution in [-0.2, 0) is 17.8 Å². The molecule has 7 nitrogen and oxygen atoms in total. The van der Waals surface area contributed by atoms with Crippen LogP contribution in [0.5, 0.6) is 0 Å². The van der Waals surface area contributed by atoms with E-state index >= 15 is 0 Å². The van der Waals surface area contributed by atoms with E-state index in [0.29, 0.717) is 40.3 Å². The Hall–Kier alpha value is -3.29. The number of aromatic nitrogens is 5. The highest BCUT2D eigenvalue weighted by Gasteiger charge is 2.24. The molecule has 0 unspecified atom stereocenters. The molecule has 0 N–H and O–H groups in total. The summed E-state index contributed by atoms with van der Waals surface area (Å²) < 4.78 is 9.43. The molecule has 1 aliphatic rings. The highest BCUT2D eigenvalue weighted by Crippen LogP contribution is 2.27. The fourth-order valence-electron chi connectivity index (χ4n) is 4.43. The maximum absolute atomic E-state index is 13.6. The van der Waals surface area contributed by atoms with E-state index in [0.717, 1.165) is 36.0 Å². The Labute approximate surface area is 188 Å². The third-order valence-electron chi connectivity index (χ3n) is 6.03. The van der Waals surface area contributed by atoms with Gasteiger partial charge in [0, 0.05) is 11.6 Å². The molecular formula is C24H20ClN5O2. The van der Waals surface area contributed by atoms with E-state index in [9.17, 15) is 4.79 Å². The first-order chi connectivity index (χ1) is 15.7. The Balaban J connectivity index is 1.60. The normalized spacial score (nSPS) is 16.5. The molecule has 0 aliphatic carbocycles. The Morgan fingerprint density at radius 2 is 1.81 bits per heavy atom. The average molecular weight is 446 g/mol. The van der Waals surface area contributed by atoms with E-state index in [4.69, 9.17) is 26.3 Å². The van der Waals surface area contributed by atoms with Gasteiger partial charge in [0.1, 0.15) is 17.2 Å². The fourth-order valence-corrected chi connectivity index (χ4v) is 4.62. The van der Waals surface area contributed by atoms with Gasteiger partial charge in [0.2, 0.25) is 0 Å². The molecule has 2 aromatic carbocycles. The highest BCUT2D eigenvalue weighted by molar-refractivity contribution is 6.31. The predicted octanol–water partition coefficient (Wildman–Crippen LogP) is 4.18. The van der Waals surface area contributed by atoms with Crippen LogP contribution in [0.15, 0.2) is 59.7 Å². The number of rotatable bonds is 4. The molecular weight excluding hydrogens is 426 g/mol. The molecule has 0 radical (unpaired) electrons. The monoisotopic (exact) mass is 445 g/mol. The summed E-state index contributed by atoms with van der Waals surface area (Å²) in [5, 5.41) is 1.09. The van der Waals surface area contributed by atoms with Crippen molar-refractivity contribution < 1.29 is 4.74 Å². The molecule has 0 amide bonds. The van der Waals surface area contributed by atoms with E-state index < -0.39 is 0 Å².